The summed E-state index contributed by atoms with van der Waals surface area (Å²) in [6, 6.07) is 9.02. The Balaban J connectivity index is 1.59. The Labute approximate surface area is 192 Å². The molecule has 0 bridgehead atoms. The van der Waals surface area contributed by atoms with Crippen LogP contribution in [0.4, 0.5) is 4.79 Å². The summed E-state index contributed by atoms with van der Waals surface area (Å²) in [6.07, 6.45) is 0.504. The third kappa shape index (κ3) is 7.10. The topological polar surface area (TPSA) is 78.4 Å². The number of carbonyl (C=O) groups excluding carboxylic acids is 1. The van der Waals surface area contributed by atoms with Crippen molar-refractivity contribution < 1.29 is 14.3 Å². The maximum Gasteiger partial charge on any atom is 0.407 e. The predicted octanol–water partition coefficient (Wildman–Crippen LogP) is 2.54. The molecule has 32 heavy (non-hydrogen) atoms. The highest BCUT2D eigenvalue weighted by Gasteiger charge is 2.29. The second-order valence-electron chi connectivity index (χ2n) is 9.58. The zero-order chi connectivity index (χ0) is 23.1. The third-order valence-corrected chi connectivity index (χ3v) is 5.79. The van der Waals surface area contributed by atoms with Crippen molar-refractivity contribution in [2.24, 2.45) is 4.99 Å². The van der Waals surface area contributed by atoms with Gasteiger partial charge in [-0.25, -0.2) is 4.79 Å². The Morgan fingerprint density at radius 2 is 2.03 bits per heavy atom. The Bertz CT molecular complexity index is 786. The first-order valence-electron chi connectivity index (χ1n) is 11.6. The minimum Gasteiger partial charge on any atom is -0.444 e. The molecular formula is C24H39N5O3. The van der Waals surface area contributed by atoms with Crippen LogP contribution < -0.4 is 10.6 Å². The maximum absolute atomic E-state index is 12.1. The van der Waals surface area contributed by atoms with Crippen LogP contribution in [0.15, 0.2) is 29.3 Å². The van der Waals surface area contributed by atoms with Crippen LogP contribution in [0, 0.1) is 6.92 Å². The molecule has 8 nitrogen and oxygen atoms in total. The highest BCUT2D eigenvalue weighted by molar-refractivity contribution is 5.80. The Morgan fingerprint density at radius 1 is 1.28 bits per heavy atom. The molecule has 2 N–H and O–H groups in total. The van der Waals surface area contributed by atoms with Crippen molar-refractivity contribution in [3.8, 4) is 0 Å². The molecule has 1 aromatic rings. The molecule has 0 aromatic heterocycles. The van der Waals surface area contributed by atoms with Crippen LogP contribution in [-0.2, 0) is 9.47 Å². The van der Waals surface area contributed by atoms with E-state index in [2.05, 4.69) is 56.6 Å². The Kier molecular flexibility index (Phi) is 8.37. The van der Waals surface area contributed by atoms with Gasteiger partial charge in [0.2, 0.25) is 0 Å². The van der Waals surface area contributed by atoms with Gasteiger partial charge in [-0.1, -0.05) is 29.8 Å². The van der Waals surface area contributed by atoms with Gasteiger partial charge in [-0.3, -0.25) is 9.89 Å². The molecule has 178 valence electrons. The van der Waals surface area contributed by atoms with Gasteiger partial charge in [0.25, 0.3) is 0 Å². The number of aliphatic imine (C=N–C) groups is 1. The van der Waals surface area contributed by atoms with Crippen molar-refractivity contribution in [3.63, 3.8) is 0 Å². The summed E-state index contributed by atoms with van der Waals surface area (Å²) >= 11 is 0. The first-order valence-corrected chi connectivity index (χ1v) is 11.6. The van der Waals surface area contributed by atoms with E-state index in [1.165, 1.54) is 11.1 Å². The number of morpholine rings is 1. The maximum atomic E-state index is 12.1. The first-order chi connectivity index (χ1) is 15.2. The molecular weight excluding hydrogens is 406 g/mol. The fraction of sp³-hybridized carbons (Fsp3) is 0.667. The summed E-state index contributed by atoms with van der Waals surface area (Å²) in [5.74, 6) is 0.865. The van der Waals surface area contributed by atoms with E-state index in [0.717, 1.165) is 51.8 Å². The summed E-state index contributed by atoms with van der Waals surface area (Å²) < 4.78 is 11.0. The number of benzene rings is 1. The van der Waals surface area contributed by atoms with Crippen LogP contribution in [-0.4, -0.2) is 86.5 Å². The van der Waals surface area contributed by atoms with Crippen molar-refractivity contribution in [1.82, 2.24) is 20.4 Å². The molecule has 2 atom stereocenters. The number of hydrogen-bond acceptors (Lipinski definition) is 5. The second kappa shape index (κ2) is 11.0. The summed E-state index contributed by atoms with van der Waals surface area (Å²) in [7, 11) is 1.81. The molecule has 0 spiro atoms. The SMILES string of the molecule is CN=C(NCC(c1cccc(C)c1)N1CCOCC1)N1CCC(NC(=O)OC(C)(C)C)C1. The lowest BCUT2D eigenvalue weighted by Gasteiger charge is -2.36. The van der Waals surface area contributed by atoms with Gasteiger partial charge in [0.1, 0.15) is 5.60 Å². The van der Waals surface area contributed by atoms with Gasteiger partial charge in [0, 0.05) is 39.8 Å². The minimum atomic E-state index is -0.496. The summed E-state index contributed by atoms with van der Waals surface area (Å²) in [6.45, 7) is 13.4. The zero-order valence-corrected chi connectivity index (χ0v) is 20.2. The molecule has 0 saturated carbocycles. The normalized spacial score (nSPS) is 21.3. The van der Waals surface area contributed by atoms with Crippen LogP contribution in [0.25, 0.3) is 0 Å². The number of likely N-dealkylation sites (tertiary alicyclic amines) is 1. The number of ether oxygens (including phenoxy) is 2. The van der Waals surface area contributed by atoms with Crippen molar-refractivity contribution in [3.05, 3.63) is 35.4 Å². The molecule has 2 saturated heterocycles. The smallest absolute Gasteiger partial charge is 0.407 e. The van der Waals surface area contributed by atoms with E-state index in [-0.39, 0.29) is 18.2 Å². The highest BCUT2D eigenvalue weighted by atomic mass is 16.6. The van der Waals surface area contributed by atoms with E-state index in [4.69, 9.17) is 9.47 Å². The van der Waals surface area contributed by atoms with Gasteiger partial charge in [-0.15, -0.1) is 0 Å². The van der Waals surface area contributed by atoms with Crippen LogP contribution in [0.5, 0.6) is 0 Å². The van der Waals surface area contributed by atoms with E-state index in [1.54, 1.807) is 0 Å². The molecule has 2 aliphatic rings. The minimum absolute atomic E-state index is 0.0511. The number of nitrogens with zero attached hydrogens (tertiary/aromatic N) is 3. The van der Waals surface area contributed by atoms with Crippen molar-refractivity contribution in [2.75, 3.05) is 53.0 Å². The van der Waals surface area contributed by atoms with Crippen molar-refractivity contribution >= 4 is 12.1 Å². The van der Waals surface area contributed by atoms with Crippen LogP contribution in [0.1, 0.15) is 44.4 Å². The van der Waals surface area contributed by atoms with Gasteiger partial charge in [0.05, 0.1) is 25.3 Å². The van der Waals surface area contributed by atoms with Crippen LogP contribution >= 0.6 is 0 Å². The highest BCUT2D eigenvalue weighted by Crippen LogP contribution is 2.22. The number of amides is 1. The predicted molar refractivity (Wildman–Crippen MR) is 127 cm³/mol. The lowest BCUT2D eigenvalue weighted by atomic mass is 10.0. The molecule has 2 unspecified atom stereocenters. The van der Waals surface area contributed by atoms with Crippen molar-refractivity contribution in [2.45, 2.75) is 51.8 Å². The fourth-order valence-corrected chi connectivity index (χ4v) is 4.29. The van der Waals surface area contributed by atoms with E-state index in [1.807, 2.05) is 27.8 Å². The largest absolute Gasteiger partial charge is 0.444 e. The van der Waals surface area contributed by atoms with E-state index in [9.17, 15) is 4.79 Å². The molecule has 2 aliphatic heterocycles. The molecule has 0 aliphatic carbocycles. The summed E-state index contributed by atoms with van der Waals surface area (Å²) in [5.41, 5.74) is 2.08. The zero-order valence-electron chi connectivity index (χ0n) is 20.2. The Hall–Kier alpha value is -2.32. The second-order valence-corrected chi connectivity index (χ2v) is 9.58. The van der Waals surface area contributed by atoms with E-state index < -0.39 is 5.60 Å². The lowest BCUT2D eigenvalue weighted by Crippen LogP contribution is -2.48. The van der Waals surface area contributed by atoms with Gasteiger partial charge in [0.15, 0.2) is 5.96 Å². The molecule has 1 aromatic carbocycles. The number of rotatable bonds is 5. The number of guanidine groups is 1. The van der Waals surface area contributed by atoms with Gasteiger partial charge in [-0.05, 0) is 39.7 Å². The average Bonchev–Trinajstić information content (AvgIpc) is 3.18. The van der Waals surface area contributed by atoms with Crippen LogP contribution in [0.3, 0.4) is 0 Å². The van der Waals surface area contributed by atoms with Gasteiger partial charge in [-0.2, -0.15) is 0 Å². The molecule has 3 rings (SSSR count). The monoisotopic (exact) mass is 445 g/mol. The Morgan fingerprint density at radius 3 is 2.69 bits per heavy atom. The quantitative estimate of drug-likeness (QED) is 0.536. The number of aryl methyl sites for hydroxylation is 1. The first kappa shape index (κ1) is 24.3. The fourth-order valence-electron chi connectivity index (χ4n) is 4.29. The van der Waals surface area contributed by atoms with Gasteiger partial charge < -0.3 is 25.0 Å². The molecule has 2 fully saturated rings. The third-order valence-electron chi connectivity index (χ3n) is 5.79. The summed E-state index contributed by atoms with van der Waals surface area (Å²) in [4.78, 5) is 21.3. The summed E-state index contributed by atoms with van der Waals surface area (Å²) in [5, 5.41) is 6.57. The number of alkyl carbamates (subject to hydrolysis) is 1. The lowest BCUT2D eigenvalue weighted by molar-refractivity contribution is 0.0169. The number of nitrogens with one attached hydrogen (secondary N) is 2. The van der Waals surface area contributed by atoms with Gasteiger partial charge >= 0.3 is 6.09 Å². The molecule has 1 amide bonds. The van der Waals surface area contributed by atoms with E-state index in [0.29, 0.717) is 6.54 Å². The number of carbonyl (C=O) groups is 1. The molecule has 8 heteroatoms. The standard InChI is InChI=1S/C24H39N5O3/c1-18-7-6-8-19(15-18)21(28-11-13-31-14-12-28)16-26-22(25-5)29-10-9-20(17-29)27-23(30)32-24(2,3)4/h6-8,15,20-21H,9-14,16-17H2,1-5H3,(H,25,26)(H,27,30). The van der Waals surface area contributed by atoms with Crippen LogP contribution in [0.2, 0.25) is 0 Å². The van der Waals surface area contributed by atoms with E-state index >= 15 is 0 Å². The number of hydrogen-bond donors (Lipinski definition) is 2. The molecule has 2 heterocycles. The average molecular weight is 446 g/mol. The molecule has 0 radical (unpaired) electrons. The van der Waals surface area contributed by atoms with Crippen molar-refractivity contribution in [1.29, 1.82) is 0 Å².